The summed E-state index contributed by atoms with van der Waals surface area (Å²) < 4.78 is 13.8. The molecule has 162 valence electrons. The highest BCUT2D eigenvalue weighted by molar-refractivity contribution is 7.99. The third-order valence-electron chi connectivity index (χ3n) is 4.38. The Morgan fingerprint density at radius 3 is 2.43 bits per heavy atom. The molecular weight excluding hydrogens is 446 g/mol. The number of carbonyl (C=O) groups is 2. The number of hydrogen-bond donors (Lipinski definition) is 1. The van der Waals surface area contributed by atoms with Crippen molar-refractivity contribution in [2.24, 2.45) is 0 Å². The van der Waals surface area contributed by atoms with E-state index in [1.54, 1.807) is 43.3 Å². The fourth-order valence-corrected chi connectivity index (χ4v) is 3.99. The zero-order chi connectivity index (χ0) is 22.3. The van der Waals surface area contributed by atoms with E-state index in [0.29, 0.717) is 21.4 Å². The van der Waals surface area contributed by atoms with E-state index in [9.17, 15) is 14.0 Å². The lowest BCUT2D eigenvalue weighted by Crippen LogP contribution is -2.49. The summed E-state index contributed by atoms with van der Waals surface area (Å²) in [6.45, 7) is 5.62. The van der Waals surface area contributed by atoms with E-state index in [0.717, 1.165) is 5.56 Å². The molecule has 0 aromatic heterocycles. The second-order valence-electron chi connectivity index (χ2n) is 7.19. The molecule has 8 heteroatoms. The van der Waals surface area contributed by atoms with Gasteiger partial charge in [-0.05, 0) is 50.1 Å². The minimum atomic E-state index is -0.677. The molecule has 1 atom stereocenters. The Bertz CT molecular complexity index is 895. The molecule has 0 saturated heterocycles. The van der Waals surface area contributed by atoms with Crippen molar-refractivity contribution >= 4 is 46.8 Å². The minimum Gasteiger partial charge on any atom is -0.352 e. The molecule has 2 aromatic rings. The smallest absolute Gasteiger partial charge is 0.242 e. The molecule has 0 saturated carbocycles. The number of nitrogens with zero attached hydrogens (tertiary/aromatic N) is 1. The van der Waals surface area contributed by atoms with Gasteiger partial charge < -0.3 is 10.2 Å². The lowest BCUT2D eigenvalue weighted by molar-refractivity contribution is -0.138. The fraction of sp³-hybridized carbons (Fsp3) is 0.364. The zero-order valence-corrected chi connectivity index (χ0v) is 19.5. The van der Waals surface area contributed by atoms with Gasteiger partial charge in [-0.1, -0.05) is 47.5 Å². The Hall–Kier alpha value is -1.76. The van der Waals surface area contributed by atoms with Crippen LogP contribution in [-0.4, -0.2) is 34.6 Å². The number of halogens is 3. The van der Waals surface area contributed by atoms with Crippen molar-refractivity contribution in [1.29, 1.82) is 0 Å². The van der Waals surface area contributed by atoms with E-state index in [-0.39, 0.29) is 36.0 Å². The SMILES string of the molecule is CC(C)NC(=O)[C@@H](C)N(Cc1ccc(Cl)c(Cl)c1)C(=O)CSCc1ccccc1F. The molecule has 0 aliphatic rings. The van der Waals surface area contributed by atoms with Crippen LogP contribution in [0.3, 0.4) is 0 Å². The summed E-state index contributed by atoms with van der Waals surface area (Å²) in [5.41, 5.74) is 1.30. The van der Waals surface area contributed by atoms with Crippen LogP contribution in [0.5, 0.6) is 0 Å². The van der Waals surface area contributed by atoms with E-state index in [2.05, 4.69) is 5.32 Å². The number of hydrogen-bond acceptors (Lipinski definition) is 3. The molecule has 0 aliphatic heterocycles. The summed E-state index contributed by atoms with van der Waals surface area (Å²) in [6, 6.07) is 10.9. The van der Waals surface area contributed by atoms with Crippen LogP contribution in [0.4, 0.5) is 4.39 Å². The molecule has 0 heterocycles. The van der Waals surface area contributed by atoms with Crippen LogP contribution in [0.2, 0.25) is 10.0 Å². The Morgan fingerprint density at radius 1 is 1.10 bits per heavy atom. The number of nitrogens with one attached hydrogen (secondary N) is 1. The van der Waals surface area contributed by atoms with Crippen molar-refractivity contribution in [3.05, 3.63) is 69.5 Å². The summed E-state index contributed by atoms with van der Waals surface area (Å²) in [6.07, 6.45) is 0. The third-order valence-corrected chi connectivity index (χ3v) is 6.08. The van der Waals surface area contributed by atoms with E-state index >= 15 is 0 Å². The first kappa shape index (κ1) is 24.5. The first-order chi connectivity index (χ1) is 14.2. The van der Waals surface area contributed by atoms with Gasteiger partial charge in [0.25, 0.3) is 0 Å². The van der Waals surface area contributed by atoms with Gasteiger partial charge in [0.2, 0.25) is 11.8 Å². The van der Waals surface area contributed by atoms with Crippen molar-refractivity contribution in [1.82, 2.24) is 10.2 Å². The Balaban J connectivity index is 2.12. The van der Waals surface area contributed by atoms with Crippen LogP contribution in [0.25, 0.3) is 0 Å². The van der Waals surface area contributed by atoms with Gasteiger partial charge in [-0.15, -0.1) is 11.8 Å². The highest BCUT2D eigenvalue weighted by Gasteiger charge is 2.26. The maximum Gasteiger partial charge on any atom is 0.242 e. The number of benzene rings is 2. The van der Waals surface area contributed by atoms with Crippen LogP contribution in [0, 0.1) is 5.82 Å². The van der Waals surface area contributed by atoms with Crippen molar-refractivity contribution in [2.45, 2.75) is 45.2 Å². The zero-order valence-electron chi connectivity index (χ0n) is 17.1. The summed E-state index contributed by atoms with van der Waals surface area (Å²) in [4.78, 5) is 27.0. The number of rotatable bonds is 9. The monoisotopic (exact) mass is 470 g/mol. The minimum absolute atomic E-state index is 0.0442. The molecule has 0 aliphatic carbocycles. The van der Waals surface area contributed by atoms with Gasteiger partial charge in [0.1, 0.15) is 11.9 Å². The average Bonchev–Trinajstić information content (AvgIpc) is 2.69. The molecule has 0 radical (unpaired) electrons. The maximum atomic E-state index is 13.8. The number of thioether (sulfide) groups is 1. The van der Waals surface area contributed by atoms with Gasteiger partial charge in [-0.3, -0.25) is 9.59 Å². The first-order valence-corrected chi connectivity index (χ1v) is 11.4. The number of carbonyl (C=O) groups excluding carboxylic acids is 2. The van der Waals surface area contributed by atoms with Crippen molar-refractivity contribution < 1.29 is 14.0 Å². The van der Waals surface area contributed by atoms with Crippen LogP contribution in [0.15, 0.2) is 42.5 Å². The van der Waals surface area contributed by atoms with Gasteiger partial charge in [-0.2, -0.15) is 0 Å². The summed E-state index contributed by atoms with van der Waals surface area (Å²) in [5.74, 6) is -0.262. The molecule has 0 fully saturated rings. The van der Waals surface area contributed by atoms with E-state index < -0.39 is 6.04 Å². The highest BCUT2D eigenvalue weighted by atomic mass is 35.5. The van der Waals surface area contributed by atoms with E-state index in [1.807, 2.05) is 13.8 Å². The van der Waals surface area contributed by atoms with E-state index in [1.165, 1.54) is 22.7 Å². The molecule has 0 unspecified atom stereocenters. The number of amides is 2. The largest absolute Gasteiger partial charge is 0.352 e. The quantitative estimate of drug-likeness (QED) is 0.540. The molecule has 2 rings (SSSR count). The molecule has 2 amide bonds. The average molecular weight is 471 g/mol. The molecule has 2 aromatic carbocycles. The third kappa shape index (κ3) is 7.18. The predicted octanol–water partition coefficient (Wildman–Crippen LogP) is 5.31. The maximum absolute atomic E-state index is 13.8. The predicted molar refractivity (Wildman–Crippen MR) is 122 cm³/mol. The Kier molecular flexibility index (Phi) is 9.46. The molecular formula is C22H25Cl2FN2O2S. The van der Waals surface area contributed by atoms with E-state index in [4.69, 9.17) is 23.2 Å². The van der Waals surface area contributed by atoms with Gasteiger partial charge in [0.05, 0.1) is 15.8 Å². The van der Waals surface area contributed by atoms with Crippen LogP contribution in [-0.2, 0) is 21.9 Å². The van der Waals surface area contributed by atoms with Gasteiger partial charge in [-0.25, -0.2) is 4.39 Å². The second kappa shape index (κ2) is 11.6. The second-order valence-corrected chi connectivity index (χ2v) is 8.99. The normalized spacial score (nSPS) is 12.0. The van der Waals surface area contributed by atoms with Gasteiger partial charge >= 0.3 is 0 Å². The molecule has 4 nitrogen and oxygen atoms in total. The van der Waals surface area contributed by atoms with Crippen molar-refractivity contribution in [3.8, 4) is 0 Å². The summed E-state index contributed by atoms with van der Waals surface area (Å²) in [7, 11) is 0. The molecule has 30 heavy (non-hydrogen) atoms. The Labute approximate surface area is 191 Å². The van der Waals surface area contributed by atoms with Crippen LogP contribution in [0.1, 0.15) is 31.9 Å². The fourth-order valence-electron chi connectivity index (χ4n) is 2.77. The van der Waals surface area contributed by atoms with Crippen LogP contribution >= 0.6 is 35.0 Å². The summed E-state index contributed by atoms with van der Waals surface area (Å²) in [5, 5.41) is 3.64. The molecule has 1 N–H and O–H groups in total. The van der Waals surface area contributed by atoms with Gasteiger partial charge in [0, 0.05) is 18.3 Å². The first-order valence-electron chi connectivity index (χ1n) is 9.54. The van der Waals surface area contributed by atoms with Crippen molar-refractivity contribution in [2.75, 3.05) is 5.75 Å². The highest BCUT2D eigenvalue weighted by Crippen LogP contribution is 2.24. The standard InChI is InChI=1S/C22H25Cl2FN2O2S/c1-14(2)26-22(29)15(3)27(11-16-8-9-18(23)19(24)10-16)21(28)13-30-12-17-6-4-5-7-20(17)25/h4-10,14-15H,11-13H2,1-3H3,(H,26,29)/t15-/m1/s1. The molecule has 0 spiro atoms. The van der Waals surface area contributed by atoms with Crippen LogP contribution < -0.4 is 5.32 Å². The Morgan fingerprint density at radius 2 is 1.80 bits per heavy atom. The van der Waals surface area contributed by atoms with Crippen molar-refractivity contribution in [3.63, 3.8) is 0 Å². The summed E-state index contributed by atoms with van der Waals surface area (Å²) >= 11 is 13.4. The molecule has 0 bridgehead atoms. The van der Waals surface area contributed by atoms with Gasteiger partial charge in [0.15, 0.2) is 0 Å². The topological polar surface area (TPSA) is 49.4 Å². The lowest BCUT2D eigenvalue weighted by Gasteiger charge is -2.29. The lowest BCUT2D eigenvalue weighted by atomic mass is 10.1.